The molecule has 0 spiro atoms. The second-order valence-corrected chi connectivity index (χ2v) is 5.23. The Morgan fingerprint density at radius 1 is 1.35 bits per heavy atom. The molecule has 1 N–H and O–H groups in total. The smallest absolute Gasteiger partial charge is 0.315 e. The zero-order valence-corrected chi connectivity index (χ0v) is 11.1. The van der Waals surface area contributed by atoms with Crippen LogP contribution in [-0.4, -0.2) is 22.6 Å². The van der Waals surface area contributed by atoms with Crippen molar-refractivity contribution in [2.24, 2.45) is 5.41 Å². The molecular formula is C12H20ClN3O. The van der Waals surface area contributed by atoms with Crippen LogP contribution in [0.5, 0.6) is 0 Å². The average Bonchev–Trinajstić information content (AvgIpc) is 2.96. The van der Waals surface area contributed by atoms with E-state index in [1.807, 2.05) is 0 Å². The van der Waals surface area contributed by atoms with Crippen LogP contribution in [-0.2, 0) is 6.42 Å². The van der Waals surface area contributed by atoms with Gasteiger partial charge in [-0.25, -0.2) is 0 Å². The molecule has 0 atom stereocenters. The molecule has 4 nitrogen and oxygen atoms in total. The first-order chi connectivity index (χ1) is 8.28. The van der Waals surface area contributed by atoms with E-state index in [1.54, 1.807) is 0 Å². The number of anilines is 1. The van der Waals surface area contributed by atoms with E-state index in [0.29, 0.717) is 29.6 Å². The summed E-state index contributed by atoms with van der Waals surface area (Å²) in [6, 6.07) is 0.532. The Bertz CT molecular complexity index is 347. The standard InChI is InChI=1S/C12H20ClN3O/c1-2-12(6-3-4-7-12)9-14-11-16-15-10(17-11)5-8-13/h2-9H2,1H3,(H,14,16). The highest BCUT2D eigenvalue weighted by Gasteiger charge is 2.32. The lowest BCUT2D eigenvalue weighted by Gasteiger charge is -2.26. The van der Waals surface area contributed by atoms with Gasteiger partial charge in [-0.2, -0.15) is 0 Å². The second-order valence-electron chi connectivity index (χ2n) is 4.85. The number of aryl methyl sites for hydroxylation is 1. The predicted molar refractivity (Wildman–Crippen MR) is 68.4 cm³/mol. The molecule has 2 rings (SSSR count). The summed E-state index contributed by atoms with van der Waals surface area (Å²) in [6.45, 7) is 3.20. The Hall–Kier alpha value is -0.770. The van der Waals surface area contributed by atoms with Crippen molar-refractivity contribution in [3.8, 4) is 0 Å². The molecule has 0 radical (unpaired) electrons. The van der Waals surface area contributed by atoms with Crippen molar-refractivity contribution in [1.82, 2.24) is 10.2 Å². The summed E-state index contributed by atoms with van der Waals surface area (Å²) < 4.78 is 5.46. The first-order valence-electron chi connectivity index (χ1n) is 6.40. The number of aromatic nitrogens is 2. The molecule has 0 amide bonds. The van der Waals surface area contributed by atoms with E-state index in [-0.39, 0.29) is 0 Å². The van der Waals surface area contributed by atoms with Crippen molar-refractivity contribution in [2.75, 3.05) is 17.7 Å². The van der Waals surface area contributed by atoms with Gasteiger partial charge in [0.05, 0.1) is 0 Å². The van der Waals surface area contributed by atoms with Gasteiger partial charge in [0.1, 0.15) is 0 Å². The predicted octanol–water partition coefficient (Wildman–Crippen LogP) is 3.23. The molecule has 0 saturated heterocycles. The molecule has 0 unspecified atom stereocenters. The average molecular weight is 258 g/mol. The monoisotopic (exact) mass is 257 g/mol. The fourth-order valence-electron chi connectivity index (χ4n) is 2.55. The summed E-state index contributed by atoms with van der Waals surface area (Å²) in [5.41, 5.74) is 0.432. The fraction of sp³-hybridized carbons (Fsp3) is 0.833. The van der Waals surface area contributed by atoms with Crippen LogP contribution in [0.2, 0.25) is 0 Å². The highest BCUT2D eigenvalue weighted by atomic mass is 35.5. The SMILES string of the molecule is CCC1(CNc2nnc(CCCl)o2)CCCC1. The molecule has 1 saturated carbocycles. The molecule has 1 aromatic rings. The maximum atomic E-state index is 5.62. The summed E-state index contributed by atoms with van der Waals surface area (Å²) >= 11 is 5.62. The van der Waals surface area contributed by atoms with E-state index < -0.39 is 0 Å². The first-order valence-corrected chi connectivity index (χ1v) is 6.94. The maximum Gasteiger partial charge on any atom is 0.315 e. The number of alkyl halides is 1. The lowest BCUT2D eigenvalue weighted by molar-refractivity contribution is 0.303. The second kappa shape index (κ2) is 5.71. The largest absolute Gasteiger partial charge is 0.408 e. The minimum absolute atomic E-state index is 0.432. The van der Waals surface area contributed by atoms with E-state index in [0.717, 1.165) is 6.54 Å². The number of nitrogens with one attached hydrogen (secondary N) is 1. The number of hydrogen-bond acceptors (Lipinski definition) is 4. The molecular weight excluding hydrogens is 238 g/mol. The van der Waals surface area contributed by atoms with Crippen LogP contribution in [0.25, 0.3) is 0 Å². The van der Waals surface area contributed by atoms with E-state index >= 15 is 0 Å². The highest BCUT2D eigenvalue weighted by Crippen LogP contribution is 2.40. The quantitative estimate of drug-likeness (QED) is 0.795. The summed E-state index contributed by atoms with van der Waals surface area (Å²) in [5, 5.41) is 11.2. The first kappa shape index (κ1) is 12.7. The Kier molecular flexibility index (Phi) is 4.26. The van der Waals surface area contributed by atoms with E-state index in [9.17, 15) is 0 Å². The van der Waals surface area contributed by atoms with Gasteiger partial charge in [0.15, 0.2) is 0 Å². The van der Waals surface area contributed by atoms with Crippen LogP contribution in [0.4, 0.5) is 6.01 Å². The molecule has 17 heavy (non-hydrogen) atoms. The van der Waals surface area contributed by atoms with Gasteiger partial charge < -0.3 is 9.73 Å². The van der Waals surface area contributed by atoms with Gasteiger partial charge in [-0.1, -0.05) is 24.9 Å². The Morgan fingerprint density at radius 3 is 2.76 bits per heavy atom. The number of rotatable bonds is 6. The lowest BCUT2D eigenvalue weighted by Crippen LogP contribution is -2.25. The summed E-state index contributed by atoms with van der Waals surface area (Å²) in [4.78, 5) is 0. The zero-order chi connectivity index (χ0) is 12.1. The molecule has 5 heteroatoms. The molecule has 0 aliphatic heterocycles. The summed E-state index contributed by atoms with van der Waals surface area (Å²) in [5.74, 6) is 1.13. The highest BCUT2D eigenvalue weighted by molar-refractivity contribution is 6.17. The zero-order valence-electron chi connectivity index (χ0n) is 10.3. The van der Waals surface area contributed by atoms with Crippen LogP contribution in [0, 0.1) is 5.41 Å². The van der Waals surface area contributed by atoms with Gasteiger partial charge in [-0.05, 0) is 24.7 Å². The van der Waals surface area contributed by atoms with Crippen LogP contribution < -0.4 is 5.32 Å². The van der Waals surface area contributed by atoms with Crippen LogP contribution in [0.15, 0.2) is 4.42 Å². The molecule has 1 aliphatic carbocycles. The summed E-state index contributed by atoms with van der Waals surface area (Å²) in [7, 11) is 0. The third-order valence-electron chi connectivity index (χ3n) is 3.80. The third-order valence-corrected chi connectivity index (χ3v) is 3.99. The van der Waals surface area contributed by atoms with Gasteiger partial charge in [0.25, 0.3) is 0 Å². The van der Waals surface area contributed by atoms with Gasteiger partial charge in [0, 0.05) is 18.8 Å². The number of halogens is 1. The van der Waals surface area contributed by atoms with E-state index in [1.165, 1.54) is 32.1 Å². The van der Waals surface area contributed by atoms with E-state index in [2.05, 4.69) is 22.4 Å². The van der Waals surface area contributed by atoms with Crippen molar-refractivity contribution in [3.05, 3.63) is 5.89 Å². The van der Waals surface area contributed by atoms with Crippen molar-refractivity contribution in [3.63, 3.8) is 0 Å². The minimum atomic E-state index is 0.432. The molecule has 96 valence electrons. The van der Waals surface area contributed by atoms with Crippen molar-refractivity contribution < 1.29 is 4.42 Å². The Labute approximate surface area is 107 Å². The fourth-order valence-corrected chi connectivity index (χ4v) is 2.71. The lowest BCUT2D eigenvalue weighted by atomic mass is 9.83. The Morgan fingerprint density at radius 2 is 2.12 bits per heavy atom. The molecule has 0 aromatic carbocycles. The molecule has 1 aromatic heterocycles. The van der Waals surface area contributed by atoms with Gasteiger partial charge in [0.2, 0.25) is 5.89 Å². The molecule has 1 heterocycles. The van der Waals surface area contributed by atoms with Gasteiger partial charge >= 0.3 is 6.01 Å². The third kappa shape index (κ3) is 3.12. The van der Waals surface area contributed by atoms with Crippen LogP contribution in [0.1, 0.15) is 44.9 Å². The number of hydrogen-bond donors (Lipinski definition) is 1. The van der Waals surface area contributed by atoms with Crippen LogP contribution in [0.3, 0.4) is 0 Å². The topological polar surface area (TPSA) is 51.0 Å². The normalized spacial score (nSPS) is 18.5. The minimum Gasteiger partial charge on any atom is -0.408 e. The Balaban J connectivity index is 1.87. The van der Waals surface area contributed by atoms with Crippen molar-refractivity contribution in [2.45, 2.75) is 45.4 Å². The van der Waals surface area contributed by atoms with Gasteiger partial charge in [-0.15, -0.1) is 16.7 Å². The van der Waals surface area contributed by atoms with E-state index in [4.69, 9.17) is 16.0 Å². The summed E-state index contributed by atoms with van der Waals surface area (Å²) in [6.07, 6.45) is 7.14. The molecule has 1 fully saturated rings. The van der Waals surface area contributed by atoms with Crippen molar-refractivity contribution in [1.29, 1.82) is 0 Å². The molecule has 1 aliphatic rings. The maximum absolute atomic E-state index is 5.62. The van der Waals surface area contributed by atoms with Crippen LogP contribution >= 0.6 is 11.6 Å². The van der Waals surface area contributed by atoms with Crippen molar-refractivity contribution >= 4 is 17.6 Å². The van der Waals surface area contributed by atoms with Gasteiger partial charge in [-0.3, -0.25) is 0 Å². The number of nitrogens with zero attached hydrogens (tertiary/aromatic N) is 2. The molecule has 0 bridgehead atoms.